The molecule has 1 aliphatic heterocycles. The Kier molecular flexibility index (Phi) is 9.30. The summed E-state index contributed by atoms with van der Waals surface area (Å²) in [6, 6.07) is 10.4. The molecule has 3 rings (SSSR count). The zero-order valence-corrected chi connectivity index (χ0v) is 23.6. The highest BCUT2D eigenvalue weighted by atomic mass is 32.2. The van der Waals surface area contributed by atoms with Gasteiger partial charge in [0.2, 0.25) is 10.0 Å². The maximum atomic E-state index is 13.5. The summed E-state index contributed by atoms with van der Waals surface area (Å²) in [4.78, 5) is 14.0. The van der Waals surface area contributed by atoms with Crippen LogP contribution in [0.5, 0.6) is 5.75 Å². The zero-order chi connectivity index (χ0) is 28.1. The molecule has 1 saturated heterocycles. The van der Waals surface area contributed by atoms with E-state index in [1.54, 1.807) is 24.3 Å². The van der Waals surface area contributed by atoms with Gasteiger partial charge < -0.3 is 9.47 Å². The van der Waals surface area contributed by atoms with Crippen LogP contribution < -0.4 is 4.74 Å². The summed E-state index contributed by atoms with van der Waals surface area (Å²) in [7, 11) is -4.29. The highest BCUT2D eigenvalue weighted by Gasteiger charge is 2.31. The van der Waals surface area contributed by atoms with Crippen molar-refractivity contribution in [3.8, 4) is 17.2 Å². The van der Waals surface area contributed by atoms with Gasteiger partial charge in [-0.1, -0.05) is 37.7 Å². The second-order valence-electron chi connectivity index (χ2n) is 9.99. The second kappa shape index (κ2) is 11.9. The van der Waals surface area contributed by atoms with Gasteiger partial charge in [0.25, 0.3) is 0 Å². The van der Waals surface area contributed by atoms with E-state index in [4.69, 9.17) is 4.74 Å². The molecule has 0 amide bonds. The van der Waals surface area contributed by atoms with E-state index in [1.165, 1.54) is 29.6 Å². The smallest absolute Gasteiger partial charge is 0.469 e. The number of ether oxygens (including phenoxy) is 2. The summed E-state index contributed by atoms with van der Waals surface area (Å²) in [5.74, 6) is 2.31. The molecule has 0 saturated carbocycles. The molecule has 2 aromatic rings. The van der Waals surface area contributed by atoms with Crippen molar-refractivity contribution in [3.05, 3.63) is 59.2 Å². The fraction of sp³-hybridized carbons (Fsp3) is 0.423. The number of sulfonamides is 1. The molecular formula is C26H31F3N2O5SSi. The first-order valence-electron chi connectivity index (χ1n) is 12.0. The Morgan fingerprint density at radius 3 is 2.18 bits per heavy atom. The quantitative estimate of drug-likeness (QED) is 0.285. The van der Waals surface area contributed by atoms with Gasteiger partial charge in [0.15, 0.2) is 0 Å². The number of hydrogen-bond acceptors (Lipinski definition) is 6. The molecule has 0 aliphatic carbocycles. The standard InChI is InChI=1S/C26H31F3N2O5SSi/c1-35-25(32)18-22-15-21(9-14-38(2,3)4)16-24(17-22)37(33,34)31-12-10-30(11-13-31)19-20-5-7-23(8-6-20)36-26(27,28)29/h5-8,15-17H,10-13,18-19H2,1-4H3. The van der Waals surface area contributed by atoms with Crippen LogP contribution in [0.15, 0.2) is 47.4 Å². The van der Waals surface area contributed by atoms with Crippen LogP contribution in [0.4, 0.5) is 13.2 Å². The van der Waals surface area contributed by atoms with Gasteiger partial charge in [0.05, 0.1) is 18.4 Å². The van der Waals surface area contributed by atoms with E-state index >= 15 is 0 Å². The van der Waals surface area contributed by atoms with Crippen molar-refractivity contribution in [3.63, 3.8) is 0 Å². The number of hydrogen-bond donors (Lipinski definition) is 0. The number of piperazine rings is 1. The van der Waals surface area contributed by atoms with Gasteiger partial charge in [-0.3, -0.25) is 9.69 Å². The SMILES string of the molecule is COC(=O)Cc1cc(C#C[Si](C)(C)C)cc(S(=O)(=O)N2CCN(Cc3ccc(OC(F)(F)F)cc3)CC2)c1. The summed E-state index contributed by atoms with van der Waals surface area (Å²) in [5.41, 5.74) is 5.06. The average Bonchev–Trinajstić information content (AvgIpc) is 2.83. The lowest BCUT2D eigenvalue weighted by atomic mass is 10.1. The van der Waals surface area contributed by atoms with Crippen LogP contribution in [0.2, 0.25) is 19.6 Å². The number of halogens is 3. The van der Waals surface area contributed by atoms with Crippen molar-refractivity contribution in [1.29, 1.82) is 0 Å². The molecule has 0 spiro atoms. The van der Waals surface area contributed by atoms with Crippen LogP contribution in [0.3, 0.4) is 0 Å². The van der Waals surface area contributed by atoms with Crippen molar-refractivity contribution >= 4 is 24.1 Å². The highest BCUT2D eigenvalue weighted by Crippen LogP contribution is 2.24. The van der Waals surface area contributed by atoms with Crippen molar-refractivity contribution in [2.45, 2.75) is 43.9 Å². The van der Waals surface area contributed by atoms with E-state index in [0.717, 1.165) is 5.56 Å². The first kappa shape index (κ1) is 29.7. The number of nitrogens with zero attached hydrogens (tertiary/aromatic N) is 2. The molecule has 1 heterocycles. The highest BCUT2D eigenvalue weighted by molar-refractivity contribution is 7.89. The Labute approximate surface area is 222 Å². The molecule has 0 unspecified atom stereocenters. The van der Waals surface area contributed by atoms with Gasteiger partial charge in [-0.25, -0.2) is 8.42 Å². The van der Waals surface area contributed by atoms with Crippen LogP contribution in [0.1, 0.15) is 16.7 Å². The number of esters is 1. The fourth-order valence-electron chi connectivity index (χ4n) is 3.81. The number of benzene rings is 2. The third-order valence-corrected chi connectivity index (χ3v) is 8.41. The fourth-order valence-corrected chi connectivity index (χ4v) is 5.85. The molecular weight excluding hydrogens is 537 g/mol. The Balaban J connectivity index is 1.72. The predicted octanol–water partition coefficient (Wildman–Crippen LogP) is 4.04. The molecule has 206 valence electrons. The predicted molar refractivity (Wildman–Crippen MR) is 140 cm³/mol. The minimum absolute atomic E-state index is 0.0674. The minimum Gasteiger partial charge on any atom is -0.469 e. The van der Waals surface area contributed by atoms with Crippen LogP contribution in [-0.4, -0.2) is 71.3 Å². The lowest BCUT2D eigenvalue weighted by Crippen LogP contribution is -2.48. The van der Waals surface area contributed by atoms with Crippen molar-refractivity contribution in [1.82, 2.24) is 9.21 Å². The molecule has 38 heavy (non-hydrogen) atoms. The maximum Gasteiger partial charge on any atom is 0.573 e. The topological polar surface area (TPSA) is 76.2 Å². The minimum atomic E-state index is -4.75. The van der Waals surface area contributed by atoms with E-state index < -0.39 is 30.4 Å². The van der Waals surface area contributed by atoms with E-state index in [2.05, 4.69) is 35.8 Å². The normalized spacial score (nSPS) is 15.4. The monoisotopic (exact) mass is 568 g/mol. The Morgan fingerprint density at radius 1 is 1.00 bits per heavy atom. The van der Waals surface area contributed by atoms with Gasteiger partial charge in [0.1, 0.15) is 13.8 Å². The molecule has 12 heteroatoms. The number of carbonyl (C=O) groups is 1. The Morgan fingerprint density at radius 2 is 1.63 bits per heavy atom. The molecule has 0 aromatic heterocycles. The molecule has 0 N–H and O–H groups in total. The van der Waals surface area contributed by atoms with Crippen LogP contribution in [0, 0.1) is 11.5 Å². The lowest BCUT2D eigenvalue weighted by molar-refractivity contribution is -0.274. The second-order valence-corrected chi connectivity index (χ2v) is 16.7. The van der Waals surface area contributed by atoms with Gasteiger partial charge in [-0.15, -0.1) is 18.7 Å². The zero-order valence-electron chi connectivity index (χ0n) is 21.8. The number of methoxy groups -OCH3 is 1. The molecule has 7 nitrogen and oxygen atoms in total. The first-order valence-corrected chi connectivity index (χ1v) is 16.9. The number of alkyl halides is 3. The third kappa shape index (κ3) is 8.87. The molecule has 1 aliphatic rings. The maximum absolute atomic E-state index is 13.5. The van der Waals surface area contributed by atoms with E-state index in [9.17, 15) is 26.4 Å². The molecule has 0 atom stereocenters. The van der Waals surface area contributed by atoms with E-state index in [0.29, 0.717) is 30.8 Å². The summed E-state index contributed by atoms with van der Waals surface area (Å²) < 4.78 is 74.2. The summed E-state index contributed by atoms with van der Waals surface area (Å²) >= 11 is 0. The van der Waals surface area contributed by atoms with Crippen molar-refractivity contribution < 1.29 is 35.9 Å². The first-order chi connectivity index (χ1) is 17.6. The van der Waals surface area contributed by atoms with Gasteiger partial charge >= 0.3 is 12.3 Å². The molecule has 0 bridgehead atoms. The number of rotatable bonds is 7. The van der Waals surface area contributed by atoms with E-state index in [-0.39, 0.29) is 30.2 Å². The summed E-state index contributed by atoms with van der Waals surface area (Å²) in [5, 5.41) is 0. The van der Waals surface area contributed by atoms with Crippen LogP contribution in [0.25, 0.3) is 0 Å². The lowest BCUT2D eigenvalue weighted by Gasteiger charge is -2.34. The molecule has 0 radical (unpaired) electrons. The molecule has 1 fully saturated rings. The Hall–Kier alpha value is -2.85. The largest absolute Gasteiger partial charge is 0.573 e. The van der Waals surface area contributed by atoms with E-state index in [1.807, 2.05) is 4.90 Å². The van der Waals surface area contributed by atoms with Crippen molar-refractivity contribution in [2.24, 2.45) is 0 Å². The van der Waals surface area contributed by atoms with Crippen LogP contribution in [-0.2, 0) is 32.5 Å². The van der Waals surface area contributed by atoms with Gasteiger partial charge in [-0.2, -0.15) is 4.31 Å². The number of carbonyl (C=O) groups excluding carboxylic acids is 1. The van der Waals surface area contributed by atoms with Gasteiger partial charge in [-0.05, 0) is 41.5 Å². The summed E-state index contributed by atoms with van der Waals surface area (Å²) in [6.07, 6.45) is -4.81. The van der Waals surface area contributed by atoms with Gasteiger partial charge in [0, 0.05) is 38.3 Å². The summed E-state index contributed by atoms with van der Waals surface area (Å²) in [6.45, 7) is 8.10. The van der Waals surface area contributed by atoms with Crippen LogP contribution >= 0.6 is 0 Å². The Bertz CT molecular complexity index is 1310. The third-order valence-electron chi connectivity index (χ3n) is 5.66. The van der Waals surface area contributed by atoms with Crippen molar-refractivity contribution in [2.75, 3.05) is 33.3 Å². The average molecular weight is 569 g/mol. The molecule has 2 aromatic carbocycles.